The molecule has 106 valence electrons. The normalized spacial score (nSPS) is 27.9. The van der Waals surface area contributed by atoms with Crippen molar-refractivity contribution in [1.29, 1.82) is 0 Å². The summed E-state index contributed by atoms with van der Waals surface area (Å²) in [6, 6.07) is 0. The van der Waals surface area contributed by atoms with E-state index < -0.39 is 0 Å². The molecule has 19 heavy (non-hydrogen) atoms. The summed E-state index contributed by atoms with van der Waals surface area (Å²) in [6.07, 6.45) is 3.80. The lowest BCUT2D eigenvalue weighted by atomic mass is 9.98. The van der Waals surface area contributed by atoms with Gasteiger partial charge in [-0.2, -0.15) is 16.7 Å². The molecule has 2 atom stereocenters. The van der Waals surface area contributed by atoms with Crippen molar-refractivity contribution in [2.45, 2.75) is 25.2 Å². The topological polar surface area (TPSA) is 56.8 Å². The van der Waals surface area contributed by atoms with Gasteiger partial charge < -0.3 is 10.2 Å². The third-order valence-electron chi connectivity index (χ3n) is 4.10. The van der Waals surface area contributed by atoms with E-state index in [1.165, 1.54) is 30.8 Å². The molecule has 1 aromatic rings. The van der Waals surface area contributed by atoms with Crippen LogP contribution in [0.1, 0.15) is 31.0 Å². The minimum absolute atomic E-state index is 0.587. The Kier molecular flexibility index (Phi) is 4.28. The van der Waals surface area contributed by atoms with Crippen molar-refractivity contribution >= 4 is 17.7 Å². The Morgan fingerprint density at radius 2 is 2.42 bits per heavy atom. The van der Waals surface area contributed by atoms with Gasteiger partial charge in [0.2, 0.25) is 5.95 Å². The summed E-state index contributed by atoms with van der Waals surface area (Å²) in [6.45, 7) is 3.27. The zero-order valence-corrected chi connectivity index (χ0v) is 12.4. The van der Waals surface area contributed by atoms with Crippen LogP contribution >= 0.6 is 11.8 Å². The second kappa shape index (κ2) is 6.13. The lowest BCUT2D eigenvalue weighted by Crippen LogP contribution is -2.39. The van der Waals surface area contributed by atoms with E-state index in [9.17, 15) is 0 Å². The summed E-state index contributed by atoms with van der Waals surface area (Å²) in [7, 11) is 2.03. The van der Waals surface area contributed by atoms with Crippen molar-refractivity contribution in [2.24, 2.45) is 5.92 Å². The largest absolute Gasteiger partial charge is 0.339 e. The third kappa shape index (κ3) is 3.05. The zero-order valence-electron chi connectivity index (χ0n) is 11.6. The Bertz CT molecular complexity index is 399. The molecule has 0 spiro atoms. The molecule has 0 radical (unpaired) electrons. The number of anilines is 1. The van der Waals surface area contributed by atoms with Crippen LogP contribution in [-0.2, 0) is 0 Å². The number of aromatic nitrogens is 3. The smallest absolute Gasteiger partial charge is 0.244 e. The van der Waals surface area contributed by atoms with Gasteiger partial charge in [-0.3, -0.25) is 5.10 Å². The highest BCUT2D eigenvalue weighted by Crippen LogP contribution is 2.31. The van der Waals surface area contributed by atoms with Crippen LogP contribution in [0.15, 0.2) is 0 Å². The van der Waals surface area contributed by atoms with Gasteiger partial charge in [0.15, 0.2) is 0 Å². The number of hydrogen-bond donors (Lipinski definition) is 2. The average molecular weight is 281 g/mol. The predicted molar refractivity (Wildman–Crippen MR) is 79.9 cm³/mol. The van der Waals surface area contributed by atoms with Crippen LogP contribution < -0.4 is 10.2 Å². The van der Waals surface area contributed by atoms with Gasteiger partial charge in [-0.05, 0) is 44.5 Å². The lowest BCUT2D eigenvalue weighted by molar-refractivity contribution is 0.399. The molecule has 2 fully saturated rings. The van der Waals surface area contributed by atoms with E-state index in [1.807, 2.05) is 18.8 Å². The number of aromatic amines is 1. The quantitative estimate of drug-likeness (QED) is 0.875. The first kappa shape index (κ1) is 13.2. The van der Waals surface area contributed by atoms with Crippen LogP contribution in [0.5, 0.6) is 0 Å². The number of nitrogens with zero attached hydrogens (tertiary/aromatic N) is 3. The van der Waals surface area contributed by atoms with Gasteiger partial charge in [-0.25, -0.2) is 0 Å². The molecule has 0 bridgehead atoms. The van der Waals surface area contributed by atoms with Gasteiger partial charge in [-0.15, -0.1) is 5.10 Å². The summed E-state index contributed by atoms with van der Waals surface area (Å²) in [5, 5.41) is 10.9. The maximum absolute atomic E-state index is 4.74. The van der Waals surface area contributed by atoms with Crippen molar-refractivity contribution in [1.82, 2.24) is 20.5 Å². The molecule has 0 aromatic carbocycles. The molecule has 6 heteroatoms. The Hall–Kier alpha value is -0.750. The third-order valence-corrected chi connectivity index (χ3v) is 5.26. The van der Waals surface area contributed by atoms with Crippen LogP contribution in [0.2, 0.25) is 0 Å². The molecule has 2 saturated heterocycles. The van der Waals surface area contributed by atoms with Gasteiger partial charge in [0.25, 0.3) is 0 Å². The SMILES string of the molecule is CNCC1CCCN(c2n[nH]c(C3CCSC3)n2)C1. The molecule has 2 aliphatic rings. The zero-order chi connectivity index (χ0) is 13.1. The predicted octanol–water partition coefficient (Wildman–Crippen LogP) is 1.46. The van der Waals surface area contributed by atoms with Crippen molar-refractivity contribution in [3.63, 3.8) is 0 Å². The minimum Gasteiger partial charge on any atom is -0.339 e. The highest BCUT2D eigenvalue weighted by atomic mass is 32.2. The first-order chi connectivity index (χ1) is 9.36. The summed E-state index contributed by atoms with van der Waals surface area (Å²) < 4.78 is 0. The number of thioether (sulfide) groups is 1. The van der Waals surface area contributed by atoms with E-state index >= 15 is 0 Å². The van der Waals surface area contributed by atoms with Crippen molar-refractivity contribution in [3.05, 3.63) is 5.82 Å². The van der Waals surface area contributed by atoms with Gasteiger partial charge in [0, 0.05) is 24.8 Å². The standard InChI is InChI=1S/C13H23N5S/c1-14-7-10-3-2-5-18(8-10)13-15-12(16-17-13)11-4-6-19-9-11/h10-11,14H,2-9H2,1H3,(H,15,16,17). The molecular weight excluding hydrogens is 258 g/mol. The number of rotatable bonds is 4. The van der Waals surface area contributed by atoms with Gasteiger partial charge >= 0.3 is 0 Å². The maximum Gasteiger partial charge on any atom is 0.244 e. The summed E-state index contributed by atoms with van der Waals surface area (Å²) in [5.41, 5.74) is 0. The molecule has 2 aliphatic heterocycles. The van der Waals surface area contributed by atoms with Crippen LogP contribution in [0.4, 0.5) is 5.95 Å². The molecular formula is C13H23N5S. The van der Waals surface area contributed by atoms with E-state index in [-0.39, 0.29) is 0 Å². The number of nitrogens with one attached hydrogen (secondary N) is 2. The first-order valence-electron chi connectivity index (χ1n) is 7.26. The highest BCUT2D eigenvalue weighted by Gasteiger charge is 2.25. The molecule has 0 amide bonds. The van der Waals surface area contributed by atoms with Crippen LogP contribution in [0.25, 0.3) is 0 Å². The average Bonchev–Trinajstić information content (AvgIpc) is 3.11. The van der Waals surface area contributed by atoms with Gasteiger partial charge in [0.1, 0.15) is 5.82 Å². The molecule has 2 N–H and O–H groups in total. The Labute approximate surface area is 118 Å². The fourth-order valence-corrected chi connectivity index (χ4v) is 4.27. The van der Waals surface area contributed by atoms with E-state index in [2.05, 4.69) is 20.4 Å². The van der Waals surface area contributed by atoms with Crippen LogP contribution in [0, 0.1) is 5.92 Å². The molecule has 2 unspecified atom stereocenters. The van der Waals surface area contributed by atoms with Crippen LogP contribution in [-0.4, -0.2) is 53.4 Å². The summed E-state index contributed by atoms with van der Waals surface area (Å²) in [5.74, 6) is 5.77. The second-order valence-corrected chi connectivity index (χ2v) is 6.74. The van der Waals surface area contributed by atoms with Crippen molar-refractivity contribution in [3.8, 4) is 0 Å². The van der Waals surface area contributed by atoms with E-state index in [4.69, 9.17) is 4.98 Å². The second-order valence-electron chi connectivity index (χ2n) is 5.59. The van der Waals surface area contributed by atoms with Gasteiger partial charge in [0.05, 0.1) is 0 Å². The minimum atomic E-state index is 0.587. The van der Waals surface area contributed by atoms with E-state index in [0.717, 1.165) is 37.3 Å². The number of piperidine rings is 1. The van der Waals surface area contributed by atoms with Crippen LogP contribution in [0.3, 0.4) is 0 Å². The fraction of sp³-hybridized carbons (Fsp3) is 0.846. The highest BCUT2D eigenvalue weighted by molar-refractivity contribution is 7.99. The summed E-state index contributed by atoms with van der Waals surface area (Å²) in [4.78, 5) is 7.08. The molecule has 3 heterocycles. The first-order valence-corrected chi connectivity index (χ1v) is 8.42. The Morgan fingerprint density at radius 3 is 3.21 bits per heavy atom. The molecule has 1 aromatic heterocycles. The van der Waals surface area contributed by atoms with Crippen molar-refractivity contribution < 1.29 is 0 Å². The molecule has 0 aliphatic carbocycles. The monoisotopic (exact) mass is 281 g/mol. The number of hydrogen-bond acceptors (Lipinski definition) is 5. The van der Waals surface area contributed by atoms with E-state index in [1.54, 1.807) is 0 Å². The molecule has 3 rings (SSSR count). The van der Waals surface area contributed by atoms with Gasteiger partial charge in [-0.1, -0.05) is 0 Å². The molecule has 5 nitrogen and oxygen atoms in total. The number of H-pyrrole nitrogens is 1. The fourth-order valence-electron chi connectivity index (χ4n) is 3.04. The Balaban J connectivity index is 1.64. The summed E-state index contributed by atoms with van der Waals surface area (Å²) >= 11 is 2.02. The van der Waals surface area contributed by atoms with Crippen molar-refractivity contribution in [2.75, 3.05) is 43.1 Å². The van der Waals surface area contributed by atoms with E-state index in [0.29, 0.717) is 5.92 Å². The lowest BCUT2D eigenvalue weighted by Gasteiger charge is -2.31. The Morgan fingerprint density at radius 1 is 1.47 bits per heavy atom. The maximum atomic E-state index is 4.74. The molecule has 0 saturated carbocycles.